The van der Waals surface area contributed by atoms with Gasteiger partial charge in [-0.05, 0) is 60.7 Å². The fraction of sp³-hybridized carbons (Fsp3) is 0.476. The summed E-state index contributed by atoms with van der Waals surface area (Å²) in [6.45, 7) is 12.9. The van der Waals surface area contributed by atoms with Gasteiger partial charge in [0.25, 0.3) is 5.91 Å². The lowest BCUT2D eigenvalue weighted by Crippen LogP contribution is -2.36. The van der Waals surface area contributed by atoms with Crippen molar-refractivity contribution in [2.45, 2.75) is 34.6 Å². The van der Waals surface area contributed by atoms with Crippen LogP contribution in [0.4, 0.5) is 0 Å². The molecule has 136 valence electrons. The van der Waals surface area contributed by atoms with Gasteiger partial charge in [-0.2, -0.15) is 0 Å². The van der Waals surface area contributed by atoms with Crippen molar-refractivity contribution in [2.75, 3.05) is 19.7 Å². The molecule has 3 nitrogen and oxygen atoms in total. The van der Waals surface area contributed by atoms with Gasteiger partial charge < -0.3 is 9.64 Å². The lowest BCUT2D eigenvalue weighted by molar-refractivity contribution is 0.0720. The minimum Gasteiger partial charge on any atom is -0.494 e. The van der Waals surface area contributed by atoms with Crippen LogP contribution in [-0.4, -0.2) is 30.5 Å². The molecule has 0 atom stereocenters. The van der Waals surface area contributed by atoms with Crippen LogP contribution in [-0.2, 0) is 0 Å². The summed E-state index contributed by atoms with van der Waals surface area (Å²) in [7, 11) is 0. The lowest BCUT2D eigenvalue weighted by atomic mass is 10.1. The third kappa shape index (κ3) is 5.60. The van der Waals surface area contributed by atoms with Crippen molar-refractivity contribution in [3.8, 4) is 16.2 Å². The second kappa shape index (κ2) is 9.04. The van der Waals surface area contributed by atoms with Crippen LogP contribution in [0.2, 0.25) is 0 Å². The Bertz CT molecular complexity index is 663. The molecule has 0 N–H and O–H groups in total. The second-order valence-corrected chi connectivity index (χ2v) is 8.20. The van der Waals surface area contributed by atoms with E-state index in [0.717, 1.165) is 34.2 Å². The highest BCUT2D eigenvalue weighted by atomic mass is 32.1. The average molecular weight is 360 g/mol. The van der Waals surface area contributed by atoms with Gasteiger partial charge >= 0.3 is 0 Å². The van der Waals surface area contributed by atoms with Gasteiger partial charge in [-0.25, -0.2) is 0 Å². The molecule has 0 aliphatic heterocycles. The molecule has 0 fully saturated rings. The van der Waals surface area contributed by atoms with Crippen molar-refractivity contribution in [2.24, 2.45) is 11.8 Å². The number of amides is 1. The Balaban J connectivity index is 2.16. The summed E-state index contributed by atoms with van der Waals surface area (Å²) in [4.78, 5) is 16.8. The molecule has 0 saturated carbocycles. The monoisotopic (exact) mass is 359 g/mol. The number of carbonyl (C=O) groups excluding carboxylic acids is 1. The Morgan fingerprint density at radius 3 is 2.12 bits per heavy atom. The smallest absolute Gasteiger partial charge is 0.263 e. The SMILES string of the molecule is CCOc1ccc(-c2ccc(C(=O)N(CC(C)C)CC(C)C)s2)cc1. The highest BCUT2D eigenvalue weighted by molar-refractivity contribution is 7.17. The Hall–Kier alpha value is -1.81. The van der Waals surface area contributed by atoms with Gasteiger partial charge in [0, 0.05) is 18.0 Å². The van der Waals surface area contributed by atoms with Gasteiger partial charge in [0.1, 0.15) is 5.75 Å². The molecule has 0 radical (unpaired) electrons. The Morgan fingerprint density at radius 2 is 1.60 bits per heavy atom. The van der Waals surface area contributed by atoms with Crippen LogP contribution in [0.25, 0.3) is 10.4 Å². The summed E-state index contributed by atoms with van der Waals surface area (Å²) in [5.41, 5.74) is 1.12. The van der Waals surface area contributed by atoms with E-state index in [9.17, 15) is 4.79 Å². The summed E-state index contributed by atoms with van der Waals surface area (Å²) in [6.07, 6.45) is 0. The number of nitrogens with zero attached hydrogens (tertiary/aromatic N) is 1. The number of hydrogen-bond donors (Lipinski definition) is 0. The standard InChI is InChI=1S/C21H29NO2S/c1-6-24-18-9-7-17(8-10-18)19-11-12-20(25-19)21(23)22(13-15(2)3)14-16(4)5/h7-12,15-16H,6,13-14H2,1-5H3. The molecule has 2 aromatic rings. The van der Waals surface area contributed by atoms with E-state index in [2.05, 4.69) is 27.7 Å². The Labute approximate surface area is 155 Å². The van der Waals surface area contributed by atoms with Gasteiger partial charge in [0.2, 0.25) is 0 Å². The van der Waals surface area contributed by atoms with Crippen LogP contribution in [0.3, 0.4) is 0 Å². The van der Waals surface area contributed by atoms with Crippen molar-refractivity contribution in [3.63, 3.8) is 0 Å². The van der Waals surface area contributed by atoms with E-state index < -0.39 is 0 Å². The van der Waals surface area contributed by atoms with Crippen LogP contribution < -0.4 is 4.74 Å². The summed E-state index contributed by atoms with van der Waals surface area (Å²) in [5, 5.41) is 0. The van der Waals surface area contributed by atoms with Crippen LogP contribution in [0, 0.1) is 11.8 Å². The Kier molecular flexibility index (Phi) is 7.06. The molecule has 0 aliphatic carbocycles. The van der Waals surface area contributed by atoms with E-state index in [0.29, 0.717) is 18.4 Å². The number of ether oxygens (including phenoxy) is 1. The van der Waals surface area contributed by atoms with Gasteiger partial charge in [-0.1, -0.05) is 27.7 Å². The first-order chi connectivity index (χ1) is 11.9. The van der Waals surface area contributed by atoms with E-state index in [1.807, 2.05) is 48.2 Å². The summed E-state index contributed by atoms with van der Waals surface area (Å²) >= 11 is 1.56. The Morgan fingerprint density at radius 1 is 1.00 bits per heavy atom. The number of rotatable bonds is 8. The van der Waals surface area contributed by atoms with E-state index in [4.69, 9.17) is 4.74 Å². The molecule has 0 spiro atoms. The zero-order valence-electron chi connectivity index (χ0n) is 15.9. The number of hydrogen-bond acceptors (Lipinski definition) is 3. The fourth-order valence-corrected chi connectivity index (χ4v) is 3.75. The maximum Gasteiger partial charge on any atom is 0.263 e. The first kappa shape index (κ1) is 19.5. The molecule has 1 aromatic heterocycles. The number of thiophene rings is 1. The largest absolute Gasteiger partial charge is 0.494 e. The van der Waals surface area contributed by atoms with E-state index in [1.165, 1.54) is 0 Å². The van der Waals surface area contributed by atoms with Gasteiger partial charge in [0.05, 0.1) is 11.5 Å². The summed E-state index contributed by atoms with van der Waals surface area (Å²) in [5.74, 6) is 1.95. The topological polar surface area (TPSA) is 29.5 Å². The zero-order chi connectivity index (χ0) is 18.4. The normalized spacial score (nSPS) is 11.2. The first-order valence-electron chi connectivity index (χ1n) is 9.03. The van der Waals surface area contributed by atoms with E-state index in [1.54, 1.807) is 11.3 Å². The summed E-state index contributed by atoms with van der Waals surface area (Å²) in [6, 6.07) is 12.0. The molecule has 0 unspecified atom stereocenters. The van der Waals surface area contributed by atoms with Crippen LogP contribution in [0.5, 0.6) is 5.75 Å². The van der Waals surface area contributed by atoms with Crippen molar-refractivity contribution in [1.82, 2.24) is 4.90 Å². The first-order valence-corrected chi connectivity index (χ1v) is 9.84. The van der Waals surface area contributed by atoms with Gasteiger partial charge in [-0.3, -0.25) is 4.79 Å². The minimum absolute atomic E-state index is 0.143. The van der Waals surface area contributed by atoms with Crippen LogP contribution >= 0.6 is 11.3 Å². The van der Waals surface area contributed by atoms with Crippen molar-refractivity contribution in [1.29, 1.82) is 0 Å². The number of carbonyl (C=O) groups is 1. The molecule has 1 heterocycles. The van der Waals surface area contributed by atoms with Crippen molar-refractivity contribution >= 4 is 17.2 Å². The molecular weight excluding hydrogens is 330 g/mol. The third-order valence-corrected chi connectivity index (χ3v) is 4.85. The van der Waals surface area contributed by atoms with Crippen molar-refractivity contribution in [3.05, 3.63) is 41.3 Å². The van der Waals surface area contributed by atoms with Gasteiger partial charge in [-0.15, -0.1) is 11.3 Å². The highest BCUT2D eigenvalue weighted by Crippen LogP contribution is 2.30. The molecule has 0 bridgehead atoms. The second-order valence-electron chi connectivity index (χ2n) is 7.12. The van der Waals surface area contributed by atoms with Crippen LogP contribution in [0.15, 0.2) is 36.4 Å². The minimum atomic E-state index is 0.143. The van der Waals surface area contributed by atoms with E-state index >= 15 is 0 Å². The average Bonchev–Trinajstić information content (AvgIpc) is 3.03. The number of benzene rings is 1. The molecule has 2 rings (SSSR count). The maximum absolute atomic E-state index is 12.9. The van der Waals surface area contributed by atoms with E-state index in [-0.39, 0.29) is 5.91 Å². The predicted octanol–water partition coefficient (Wildman–Crippen LogP) is 5.57. The molecule has 25 heavy (non-hydrogen) atoms. The summed E-state index contributed by atoms with van der Waals surface area (Å²) < 4.78 is 5.49. The maximum atomic E-state index is 12.9. The lowest BCUT2D eigenvalue weighted by Gasteiger charge is -2.25. The molecule has 1 amide bonds. The molecule has 0 saturated heterocycles. The molecule has 1 aromatic carbocycles. The molecular formula is C21H29NO2S. The molecule has 4 heteroatoms. The third-order valence-electron chi connectivity index (χ3n) is 3.72. The predicted molar refractivity (Wildman–Crippen MR) is 107 cm³/mol. The fourth-order valence-electron chi connectivity index (χ4n) is 2.77. The van der Waals surface area contributed by atoms with Gasteiger partial charge in [0.15, 0.2) is 0 Å². The van der Waals surface area contributed by atoms with Crippen LogP contribution in [0.1, 0.15) is 44.3 Å². The quantitative estimate of drug-likeness (QED) is 0.617. The molecule has 0 aliphatic rings. The highest BCUT2D eigenvalue weighted by Gasteiger charge is 2.20. The van der Waals surface area contributed by atoms with Crippen molar-refractivity contribution < 1.29 is 9.53 Å². The zero-order valence-corrected chi connectivity index (χ0v) is 16.7.